The van der Waals surface area contributed by atoms with Crippen molar-refractivity contribution in [2.75, 3.05) is 5.32 Å². The van der Waals surface area contributed by atoms with Crippen LogP contribution in [-0.2, 0) is 0 Å². The summed E-state index contributed by atoms with van der Waals surface area (Å²) in [6.07, 6.45) is 3.61. The molecule has 0 aliphatic rings. The highest BCUT2D eigenvalue weighted by Gasteiger charge is 2.05. The Labute approximate surface area is 96.4 Å². The van der Waals surface area contributed by atoms with Crippen LogP contribution in [0.5, 0.6) is 0 Å². The minimum absolute atomic E-state index is 0.514. The molecule has 2 heteroatoms. The molecule has 0 amide bonds. The number of nitrogens with one attached hydrogen (secondary N) is 1. The fourth-order valence-electron chi connectivity index (χ4n) is 1.71. The number of hydrogen-bond donors (Lipinski definition) is 1. The van der Waals surface area contributed by atoms with Gasteiger partial charge in [0.05, 0.1) is 11.9 Å². The minimum atomic E-state index is 0.514. The van der Waals surface area contributed by atoms with Gasteiger partial charge in [-0.05, 0) is 29.7 Å². The highest BCUT2D eigenvalue weighted by Crippen LogP contribution is 2.26. The van der Waals surface area contributed by atoms with Crippen molar-refractivity contribution in [1.82, 2.24) is 4.98 Å². The lowest BCUT2D eigenvalue weighted by molar-refractivity contribution is 0.869. The van der Waals surface area contributed by atoms with Crippen LogP contribution in [0.4, 0.5) is 11.4 Å². The van der Waals surface area contributed by atoms with Gasteiger partial charge in [-0.25, -0.2) is 0 Å². The summed E-state index contributed by atoms with van der Waals surface area (Å²) in [7, 11) is 0. The molecule has 0 fully saturated rings. The Balaban J connectivity index is 2.28. The van der Waals surface area contributed by atoms with Gasteiger partial charge in [0.2, 0.25) is 0 Å². The van der Waals surface area contributed by atoms with E-state index in [0.29, 0.717) is 5.92 Å². The Kier molecular flexibility index (Phi) is 3.20. The Morgan fingerprint density at radius 3 is 2.56 bits per heavy atom. The molecule has 1 N–H and O–H groups in total. The van der Waals surface area contributed by atoms with Crippen molar-refractivity contribution in [2.24, 2.45) is 0 Å². The molecule has 0 saturated heterocycles. The van der Waals surface area contributed by atoms with Gasteiger partial charge < -0.3 is 5.32 Å². The molecular formula is C14H16N2. The normalized spacial score (nSPS) is 10.4. The summed E-state index contributed by atoms with van der Waals surface area (Å²) in [6.45, 7) is 4.40. The summed E-state index contributed by atoms with van der Waals surface area (Å²) in [4.78, 5) is 4.09. The second kappa shape index (κ2) is 4.79. The van der Waals surface area contributed by atoms with Crippen molar-refractivity contribution in [3.05, 3.63) is 54.4 Å². The smallest absolute Gasteiger partial charge is 0.0570 e. The van der Waals surface area contributed by atoms with Crippen LogP contribution in [0.2, 0.25) is 0 Å². The van der Waals surface area contributed by atoms with E-state index < -0.39 is 0 Å². The van der Waals surface area contributed by atoms with Gasteiger partial charge >= 0.3 is 0 Å². The Morgan fingerprint density at radius 1 is 1.06 bits per heavy atom. The Hall–Kier alpha value is -1.83. The first-order valence-electron chi connectivity index (χ1n) is 5.53. The summed E-state index contributed by atoms with van der Waals surface area (Å²) in [6, 6.07) is 12.3. The largest absolute Gasteiger partial charge is 0.354 e. The van der Waals surface area contributed by atoms with Gasteiger partial charge in [-0.15, -0.1) is 0 Å². The summed E-state index contributed by atoms with van der Waals surface area (Å²) in [5.41, 5.74) is 3.51. The molecule has 0 aliphatic carbocycles. The summed E-state index contributed by atoms with van der Waals surface area (Å²) in [5.74, 6) is 0.514. The highest BCUT2D eigenvalue weighted by atomic mass is 14.9. The summed E-state index contributed by atoms with van der Waals surface area (Å²) >= 11 is 0. The van der Waals surface area contributed by atoms with Gasteiger partial charge in [-0.3, -0.25) is 4.98 Å². The van der Waals surface area contributed by atoms with E-state index >= 15 is 0 Å². The van der Waals surface area contributed by atoms with Crippen LogP contribution in [0.15, 0.2) is 48.8 Å². The molecule has 2 aromatic rings. The molecule has 0 unspecified atom stereocenters. The Bertz CT molecular complexity index is 449. The highest BCUT2D eigenvalue weighted by molar-refractivity contribution is 5.63. The van der Waals surface area contributed by atoms with Crippen molar-refractivity contribution in [1.29, 1.82) is 0 Å². The number of hydrogen-bond acceptors (Lipinski definition) is 2. The Morgan fingerprint density at radius 2 is 1.88 bits per heavy atom. The third kappa shape index (κ3) is 2.40. The van der Waals surface area contributed by atoms with E-state index in [-0.39, 0.29) is 0 Å². The molecule has 16 heavy (non-hydrogen) atoms. The van der Waals surface area contributed by atoms with Crippen LogP contribution >= 0.6 is 0 Å². The van der Waals surface area contributed by atoms with Crippen molar-refractivity contribution < 1.29 is 0 Å². The number of anilines is 2. The van der Waals surface area contributed by atoms with Crippen LogP contribution in [0.3, 0.4) is 0 Å². The van der Waals surface area contributed by atoms with E-state index in [9.17, 15) is 0 Å². The molecule has 2 nitrogen and oxygen atoms in total. The van der Waals surface area contributed by atoms with Crippen molar-refractivity contribution in [2.45, 2.75) is 19.8 Å². The van der Waals surface area contributed by atoms with Crippen LogP contribution in [-0.4, -0.2) is 4.98 Å². The zero-order chi connectivity index (χ0) is 11.4. The molecule has 2 rings (SSSR count). The lowest BCUT2D eigenvalue weighted by Gasteiger charge is -2.14. The van der Waals surface area contributed by atoms with Crippen LogP contribution < -0.4 is 5.32 Å². The number of para-hydroxylation sites is 1. The quantitative estimate of drug-likeness (QED) is 0.833. The molecular weight excluding hydrogens is 196 g/mol. The number of pyridine rings is 1. The molecule has 82 valence electrons. The first-order chi connectivity index (χ1) is 7.77. The average molecular weight is 212 g/mol. The molecule has 1 heterocycles. The second-order valence-corrected chi connectivity index (χ2v) is 4.11. The maximum absolute atomic E-state index is 4.09. The zero-order valence-electron chi connectivity index (χ0n) is 9.64. The molecule has 0 spiro atoms. The van der Waals surface area contributed by atoms with Gasteiger partial charge in [0.1, 0.15) is 0 Å². The van der Waals surface area contributed by atoms with Gasteiger partial charge in [0.25, 0.3) is 0 Å². The lowest BCUT2D eigenvalue weighted by atomic mass is 10.0. The predicted octanol–water partition coefficient (Wildman–Crippen LogP) is 3.95. The van der Waals surface area contributed by atoms with Crippen LogP contribution in [0.1, 0.15) is 25.3 Å². The minimum Gasteiger partial charge on any atom is -0.354 e. The van der Waals surface area contributed by atoms with Crippen molar-refractivity contribution in [3.63, 3.8) is 0 Å². The van der Waals surface area contributed by atoms with Gasteiger partial charge in [0.15, 0.2) is 0 Å². The van der Waals surface area contributed by atoms with Crippen LogP contribution in [0, 0.1) is 0 Å². The maximum atomic E-state index is 4.09. The molecule has 0 saturated carbocycles. The topological polar surface area (TPSA) is 24.9 Å². The van der Waals surface area contributed by atoms with Crippen molar-refractivity contribution in [3.8, 4) is 0 Å². The maximum Gasteiger partial charge on any atom is 0.0570 e. The zero-order valence-corrected chi connectivity index (χ0v) is 9.64. The number of nitrogens with zero attached hydrogens (tertiary/aromatic N) is 1. The standard InChI is InChI=1S/C14H16N2/c1-11(2)13-7-3-4-8-14(13)16-12-6-5-9-15-10-12/h3-11,16H,1-2H3. The molecule has 0 aliphatic heterocycles. The van der Waals surface area contributed by atoms with Gasteiger partial charge in [-0.1, -0.05) is 32.0 Å². The van der Waals surface area contributed by atoms with E-state index in [2.05, 4.69) is 42.3 Å². The monoisotopic (exact) mass is 212 g/mol. The average Bonchev–Trinajstić information content (AvgIpc) is 2.31. The molecule has 0 radical (unpaired) electrons. The predicted molar refractivity (Wildman–Crippen MR) is 68.1 cm³/mol. The fraction of sp³-hybridized carbons (Fsp3) is 0.214. The van der Waals surface area contributed by atoms with E-state index in [1.54, 1.807) is 6.20 Å². The third-order valence-electron chi connectivity index (χ3n) is 2.52. The van der Waals surface area contributed by atoms with E-state index in [1.165, 1.54) is 5.56 Å². The number of aromatic nitrogens is 1. The van der Waals surface area contributed by atoms with E-state index in [0.717, 1.165) is 11.4 Å². The molecule has 1 aromatic carbocycles. The fourth-order valence-corrected chi connectivity index (χ4v) is 1.71. The molecule has 0 atom stereocenters. The lowest BCUT2D eigenvalue weighted by Crippen LogP contribution is -1.97. The van der Waals surface area contributed by atoms with Crippen molar-refractivity contribution >= 4 is 11.4 Å². The molecule has 1 aromatic heterocycles. The number of rotatable bonds is 3. The number of benzene rings is 1. The summed E-state index contributed by atoms with van der Waals surface area (Å²) < 4.78 is 0. The summed E-state index contributed by atoms with van der Waals surface area (Å²) in [5, 5.41) is 3.39. The SMILES string of the molecule is CC(C)c1ccccc1Nc1cccnc1. The second-order valence-electron chi connectivity index (χ2n) is 4.11. The van der Waals surface area contributed by atoms with E-state index in [4.69, 9.17) is 0 Å². The van der Waals surface area contributed by atoms with Crippen LogP contribution in [0.25, 0.3) is 0 Å². The first-order valence-corrected chi connectivity index (χ1v) is 5.53. The van der Waals surface area contributed by atoms with Gasteiger partial charge in [-0.2, -0.15) is 0 Å². The third-order valence-corrected chi connectivity index (χ3v) is 2.52. The van der Waals surface area contributed by atoms with Gasteiger partial charge in [0, 0.05) is 11.9 Å². The first kappa shape index (κ1) is 10.7. The van der Waals surface area contributed by atoms with E-state index in [1.807, 2.05) is 24.4 Å². The molecule has 0 bridgehead atoms.